The first kappa shape index (κ1) is 83.3. The Bertz CT molecular complexity index is 7780. The van der Waals surface area contributed by atoms with Crippen LogP contribution in [0, 0.1) is 19.0 Å². The summed E-state index contributed by atoms with van der Waals surface area (Å²) < 4.78 is 34.4. The molecule has 0 amide bonds. The SMILES string of the molecule is Cn1ncc(-c2ccc3c(c2)C(CN)=NCC3=O)c1-c1ccc(OC2CC2)c2cncn12.Cn1ncc(-c2ccc3c(c2)C(CN)=NCC3=O)c1-c1cnn(Cc2cccn(C)c2=O)c1Cl.[C-]#[N+]c1c(-c2c(-c3ccc4c(=O)[nH]nc(CC)c4c3)cnn2C)c(F)cc2ccccc12.[C-]#[N+]c1c(-c2c(-c3ccc4c(c3)C(CN)=NCC4=O)cnn2C)ccc2ncsc12. The number of rotatable bonds is 16. The van der Waals surface area contributed by atoms with Crippen LogP contribution >= 0.6 is 22.9 Å². The van der Waals surface area contributed by atoms with Gasteiger partial charge in [0.15, 0.2) is 17.3 Å². The number of carbonyl (C=O) groups excluding carboxylic acids is 3. The molecule has 0 spiro atoms. The summed E-state index contributed by atoms with van der Waals surface area (Å²) in [6.45, 7) is 19.0. The highest BCUT2D eigenvalue weighted by Crippen LogP contribution is 2.47. The van der Waals surface area contributed by atoms with Crippen LogP contribution in [0.1, 0.15) is 78.8 Å². The monoisotopic (exact) mass is 1740 g/mol. The zero-order valence-electron chi connectivity index (χ0n) is 69.9. The topological polar surface area (TPSA) is 371 Å². The van der Waals surface area contributed by atoms with Gasteiger partial charge in [0.25, 0.3) is 11.1 Å². The number of ketones is 3. The van der Waals surface area contributed by atoms with E-state index in [1.54, 1.807) is 93.8 Å². The van der Waals surface area contributed by atoms with E-state index in [1.165, 1.54) is 22.0 Å². The Morgan fingerprint density at radius 3 is 1.66 bits per heavy atom. The molecular formula is C95H78ClFN24O6S. The lowest BCUT2D eigenvalue weighted by molar-refractivity contribution is 0.0992. The van der Waals surface area contributed by atoms with Gasteiger partial charge in [0.1, 0.15) is 41.9 Å². The van der Waals surface area contributed by atoms with Crippen LogP contribution in [0.4, 0.5) is 15.8 Å². The minimum Gasteiger partial charge on any atom is -0.488 e. The molecule has 128 heavy (non-hydrogen) atoms. The molecule has 0 radical (unpaired) electrons. The second-order valence-corrected chi connectivity index (χ2v) is 32.1. The molecule has 7 N–H and O–H groups in total. The van der Waals surface area contributed by atoms with E-state index >= 15 is 4.39 Å². The number of aromatic amines is 1. The van der Waals surface area contributed by atoms with E-state index in [0.717, 1.165) is 141 Å². The van der Waals surface area contributed by atoms with E-state index in [1.807, 2.05) is 165 Å². The largest absolute Gasteiger partial charge is 0.488 e. The predicted molar refractivity (Wildman–Crippen MR) is 493 cm³/mol. The van der Waals surface area contributed by atoms with E-state index in [2.05, 4.69) is 70.3 Å². The normalized spacial score (nSPS) is 13.3. The molecule has 10 aromatic heterocycles. The molecule has 17 aromatic rings. The number of pyridine rings is 2. The molecule has 21 rings (SSSR count). The molecule has 1 aliphatic carbocycles. The number of fused-ring (bicyclic) bond motifs is 7. The number of nitrogens with zero attached hydrogens (tertiary/aromatic N) is 20. The number of Topliss-reactive ketones (excluding diaryl/α,β-unsaturated/α-hetero) is 3. The molecule has 4 aliphatic rings. The van der Waals surface area contributed by atoms with Gasteiger partial charge in [0, 0.05) is 139 Å². The Hall–Kier alpha value is -15.6. The third kappa shape index (κ3) is 15.1. The Morgan fingerprint density at radius 2 is 1.08 bits per heavy atom. The van der Waals surface area contributed by atoms with Gasteiger partial charge in [-0.25, -0.2) is 33.8 Å². The number of hydrogen-bond acceptors (Lipinski definition) is 21. The second-order valence-electron chi connectivity index (χ2n) is 30.9. The number of hydrogen-bond donors (Lipinski definition) is 4. The van der Waals surface area contributed by atoms with Crippen molar-refractivity contribution < 1.29 is 23.5 Å². The van der Waals surface area contributed by atoms with Crippen molar-refractivity contribution >= 4 is 106 Å². The third-order valence-electron chi connectivity index (χ3n) is 23.2. The molecule has 30 nitrogen and oxygen atoms in total. The summed E-state index contributed by atoms with van der Waals surface area (Å²) >= 11 is 8.20. The number of aromatic nitrogens is 16. The Balaban J connectivity index is 0.000000115. The summed E-state index contributed by atoms with van der Waals surface area (Å²) in [5.74, 6) is 0.343. The van der Waals surface area contributed by atoms with Gasteiger partial charge in [-0.3, -0.25) is 62.1 Å². The second kappa shape index (κ2) is 34.5. The fourth-order valence-corrected chi connectivity index (χ4v) is 17.7. The predicted octanol–water partition coefficient (Wildman–Crippen LogP) is 14.4. The number of aliphatic imine (C=N–C) groups is 3. The van der Waals surface area contributed by atoms with Crippen molar-refractivity contribution in [3.8, 4) is 95.4 Å². The van der Waals surface area contributed by atoms with Gasteiger partial charge in [-0.2, -0.15) is 30.6 Å². The number of aryl methyl sites for hydroxylation is 6. The minimum absolute atomic E-state index is 0.00824. The Labute approximate surface area is 738 Å². The first-order chi connectivity index (χ1) is 62.2. The van der Waals surface area contributed by atoms with Crippen molar-refractivity contribution in [2.45, 2.75) is 38.8 Å². The van der Waals surface area contributed by atoms with Crippen LogP contribution in [-0.4, -0.2) is 158 Å². The fourth-order valence-electron chi connectivity index (χ4n) is 16.7. The molecule has 1 saturated carbocycles. The molecule has 13 heterocycles. The van der Waals surface area contributed by atoms with Crippen molar-refractivity contribution in [2.75, 3.05) is 39.3 Å². The van der Waals surface area contributed by atoms with Crippen molar-refractivity contribution in [3.63, 3.8) is 0 Å². The zero-order valence-corrected chi connectivity index (χ0v) is 71.5. The van der Waals surface area contributed by atoms with Gasteiger partial charge in [0.05, 0.1) is 147 Å². The fraction of sp³-hybridized carbons (Fsp3) is 0.179. The third-order valence-corrected chi connectivity index (χ3v) is 24.5. The molecule has 1 fully saturated rings. The summed E-state index contributed by atoms with van der Waals surface area (Å²) in [6.07, 6.45) is 17.2. The zero-order chi connectivity index (χ0) is 89.0. The van der Waals surface area contributed by atoms with Crippen molar-refractivity contribution in [1.29, 1.82) is 0 Å². The first-order valence-electron chi connectivity index (χ1n) is 40.8. The number of carbonyl (C=O) groups is 3. The van der Waals surface area contributed by atoms with Crippen molar-refractivity contribution in [3.05, 3.63) is 294 Å². The molecule has 0 atom stereocenters. The summed E-state index contributed by atoms with van der Waals surface area (Å²) in [4.78, 5) is 90.8. The van der Waals surface area contributed by atoms with Crippen LogP contribution in [0.2, 0.25) is 5.15 Å². The molecule has 7 aromatic carbocycles. The van der Waals surface area contributed by atoms with Gasteiger partial charge < -0.3 is 26.5 Å². The highest BCUT2D eigenvalue weighted by molar-refractivity contribution is 7.17. The van der Waals surface area contributed by atoms with Crippen LogP contribution in [0.5, 0.6) is 5.75 Å². The van der Waals surface area contributed by atoms with Crippen molar-refractivity contribution in [2.24, 2.45) is 67.4 Å². The molecule has 0 unspecified atom stereocenters. The summed E-state index contributed by atoms with van der Waals surface area (Å²) in [5, 5.41) is 32.0. The smallest absolute Gasteiger partial charge is 0.272 e. The number of ether oxygens (including phenoxy) is 1. The number of benzene rings is 7. The molecule has 3 aliphatic heterocycles. The summed E-state index contributed by atoms with van der Waals surface area (Å²) in [7, 11) is 9.04. The van der Waals surface area contributed by atoms with E-state index in [-0.39, 0.29) is 79.0 Å². The molecule has 0 bridgehead atoms. The standard InChI is InChI=1S/C25H18FN5O.C24H22ClN7O2.C24H22N6O2.C22H16N6OS/c1-4-21-18-11-15(9-10-17(18)25(32)30-29-21)19-13-28-31(3)24(19)22-20(26)12-14-7-5-6-8-16(14)23(22)27-2;1-30-7-3-4-15(24(30)34)13-32-23(25)19(11-29-32)22-18(10-28-31(22)2)14-5-6-16-17(8-14)20(9-26)27-12-21(16)33;1-29-24(20-6-7-23(32-15-3-4-15)21-11-26-13-30(20)21)18(10-28-29)14-2-5-16-17(8-14)19(9-25)27-12-22(16)31;1-24-20-14(5-6-17-22(20)30-11-26-17)21-16(9-27-28(21)2)12-3-4-13-15(7-12)18(8-23)25-10-19(13)29/h5-13H,4H2,1,3H3,(H,30,32);3-8,10-11H,9,12-13,26H2,1-2H3;2,5-8,10-11,13,15H,3-4,9,12,25H2,1H3;3-7,9,11H,8,10,23H2,2H3. The van der Waals surface area contributed by atoms with Crippen LogP contribution in [0.25, 0.3) is 137 Å². The average molecular weight is 1740 g/mol. The lowest BCUT2D eigenvalue weighted by Gasteiger charge is -2.17. The van der Waals surface area contributed by atoms with Crippen LogP contribution in [-0.2, 0) is 48.2 Å². The number of H-pyrrole nitrogens is 1. The number of imidazole rings is 1. The molecule has 634 valence electrons. The van der Waals surface area contributed by atoms with Crippen LogP contribution in [0.3, 0.4) is 0 Å². The highest BCUT2D eigenvalue weighted by atomic mass is 35.5. The quantitative estimate of drug-likeness (QED) is 0.0653. The summed E-state index contributed by atoms with van der Waals surface area (Å²) in [6, 6.07) is 42.8. The Kier molecular flexibility index (Phi) is 22.5. The Morgan fingerprint density at radius 1 is 0.547 bits per heavy atom. The number of thiazole rings is 1. The lowest BCUT2D eigenvalue weighted by Crippen LogP contribution is -2.24. The van der Waals surface area contributed by atoms with E-state index in [9.17, 15) is 24.0 Å². The molecular weight excluding hydrogens is 1660 g/mol. The van der Waals surface area contributed by atoms with E-state index in [0.29, 0.717) is 90.9 Å². The van der Waals surface area contributed by atoms with Gasteiger partial charge in [0.2, 0.25) is 11.4 Å². The lowest BCUT2D eigenvalue weighted by atomic mass is 9.91. The maximum Gasteiger partial charge on any atom is 0.272 e. The highest BCUT2D eigenvalue weighted by Gasteiger charge is 2.31. The van der Waals surface area contributed by atoms with Gasteiger partial charge in [-0.05, 0) is 113 Å². The van der Waals surface area contributed by atoms with E-state index in [4.69, 9.17) is 46.7 Å². The number of halogens is 2. The van der Waals surface area contributed by atoms with Gasteiger partial charge >= 0.3 is 0 Å². The van der Waals surface area contributed by atoms with Gasteiger partial charge in [-0.1, -0.05) is 97.4 Å². The maximum absolute atomic E-state index is 15.4. The van der Waals surface area contributed by atoms with Crippen LogP contribution < -0.4 is 33.1 Å². The first-order valence-corrected chi connectivity index (χ1v) is 42.1. The maximum atomic E-state index is 15.4. The number of nitrogens with two attached hydrogens (primary N) is 3. The molecule has 0 saturated heterocycles. The average Bonchev–Trinajstić information content (AvgIpc) is 1.57. The molecule has 33 heteroatoms. The minimum atomic E-state index is -0.479. The van der Waals surface area contributed by atoms with E-state index < -0.39 is 5.82 Å². The van der Waals surface area contributed by atoms with Crippen LogP contribution in [0.15, 0.2) is 219 Å². The number of nitrogens with one attached hydrogen (secondary N) is 1. The van der Waals surface area contributed by atoms with Gasteiger partial charge in [-0.15, -0.1) is 11.3 Å². The van der Waals surface area contributed by atoms with Crippen molar-refractivity contribution in [1.82, 2.24) is 78.0 Å². The summed E-state index contributed by atoms with van der Waals surface area (Å²) in [5.41, 5.74) is 41.9.